The highest BCUT2D eigenvalue weighted by Gasteiger charge is 2.18. The Kier molecular flexibility index (Phi) is 5.87. The van der Waals surface area contributed by atoms with Crippen LogP contribution in [0.1, 0.15) is 39.0 Å². The molecule has 4 nitrogen and oxygen atoms in total. The minimum atomic E-state index is -0.491. The van der Waals surface area contributed by atoms with Gasteiger partial charge in [0.05, 0.1) is 12.2 Å². The summed E-state index contributed by atoms with van der Waals surface area (Å²) in [5, 5.41) is 11.6. The van der Waals surface area contributed by atoms with Gasteiger partial charge < -0.3 is 10.1 Å². The van der Waals surface area contributed by atoms with E-state index >= 15 is 0 Å². The Morgan fingerprint density at radius 2 is 2.50 bits per heavy atom. The number of ether oxygens (including phenoxy) is 1. The molecule has 0 aliphatic carbocycles. The number of rotatable bonds is 6. The van der Waals surface area contributed by atoms with Crippen LogP contribution in [0.5, 0.6) is 0 Å². The first kappa shape index (κ1) is 13.0. The zero-order chi connectivity index (χ0) is 11.8. The second kappa shape index (κ2) is 7.24. The molecule has 1 amide bonds. The maximum atomic E-state index is 11.6. The van der Waals surface area contributed by atoms with Gasteiger partial charge in [-0.3, -0.25) is 4.79 Å². The van der Waals surface area contributed by atoms with Crippen molar-refractivity contribution in [1.29, 1.82) is 5.26 Å². The monoisotopic (exact) mass is 224 g/mol. The fourth-order valence-corrected chi connectivity index (χ4v) is 1.89. The number of hydrogen-bond donors (Lipinski definition) is 1. The molecule has 0 aromatic heterocycles. The molecule has 2 atom stereocenters. The quantitative estimate of drug-likeness (QED) is 0.745. The van der Waals surface area contributed by atoms with E-state index in [1.807, 2.05) is 13.0 Å². The summed E-state index contributed by atoms with van der Waals surface area (Å²) in [4.78, 5) is 11.6. The van der Waals surface area contributed by atoms with E-state index in [4.69, 9.17) is 10.00 Å². The molecule has 1 N–H and O–H groups in total. The summed E-state index contributed by atoms with van der Waals surface area (Å²) in [6.07, 6.45) is 4.87. The topological polar surface area (TPSA) is 62.1 Å². The number of carbonyl (C=O) groups is 1. The third-order valence-electron chi connectivity index (χ3n) is 2.84. The largest absolute Gasteiger partial charge is 0.378 e. The molecular weight excluding hydrogens is 204 g/mol. The van der Waals surface area contributed by atoms with Crippen LogP contribution in [-0.4, -0.2) is 25.2 Å². The summed E-state index contributed by atoms with van der Waals surface area (Å²) in [7, 11) is 0. The molecule has 0 saturated carbocycles. The number of nitriles is 1. The Bertz CT molecular complexity index is 254. The van der Waals surface area contributed by atoms with Crippen molar-refractivity contribution >= 4 is 5.91 Å². The highest BCUT2D eigenvalue weighted by atomic mass is 16.5. The van der Waals surface area contributed by atoms with E-state index in [-0.39, 0.29) is 5.91 Å². The van der Waals surface area contributed by atoms with Gasteiger partial charge in [0.15, 0.2) is 0 Å². The van der Waals surface area contributed by atoms with Gasteiger partial charge in [-0.05, 0) is 25.7 Å². The molecule has 1 rings (SSSR count). The zero-order valence-electron chi connectivity index (χ0n) is 9.87. The molecule has 1 aliphatic heterocycles. The Balaban J connectivity index is 2.15. The second-order valence-corrected chi connectivity index (χ2v) is 4.19. The summed E-state index contributed by atoms with van der Waals surface area (Å²) in [5.74, 6) is -0.628. The van der Waals surface area contributed by atoms with Crippen LogP contribution >= 0.6 is 0 Å². The minimum Gasteiger partial charge on any atom is -0.378 e. The number of amides is 1. The van der Waals surface area contributed by atoms with Crippen molar-refractivity contribution in [1.82, 2.24) is 5.32 Å². The lowest BCUT2D eigenvalue weighted by Gasteiger charge is -2.12. The Morgan fingerprint density at radius 3 is 3.06 bits per heavy atom. The van der Waals surface area contributed by atoms with Crippen LogP contribution in [0.15, 0.2) is 0 Å². The van der Waals surface area contributed by atoms with Gasteiger partial charge >= 0.3 is 0 Å². The van der Waals surface area contributed by atoms with E-state index in [1.165, 1.54) is 0 Å². The van der Waals surface area contributed by atoms with Crippen LogP contribution < -0.4 is 5.32 Å². The summed E-state index contributed by atoms with van der Waals surface area (Å²) >= 11 is 0. The first-order chi connectivity index (χ1) is 7.77. The van der Waals surface area contributed by atoms with Crippen LogP contribution in [0.3, 0.4) is 0 Å². The van der Waals surface area contributed by atoms with Crippen molar-refractivity contribution in [3.05, 3.63) is 0 Å². The molecule has 4 heteroatoms. The molecule has 16 heavy (non-hydrogen) atoms. The minimum absolute atomic E-state index is 0.137. The van der Waals surface area contributed by atoms with Crippen LogP contribution in [0.25, 0.3) is 0 Å². The van der Waals surface area contributed by atoms with Gasteiger partial charge in [-0.1, -0.05) is 13.3 Å². The van der Waals surface area contributed by atoms with Crippen molar-refractivity contribution in [3.63, 3.8) is 0 Å². The van der Waals surface area contributed by atoms with Crippen molar-refractivity contribution in [3.8, 4) is 6.07 Å². The first-order valence-corrected chi connectivity index (χ1v) is 6.06. The second-order valence-electron chi connectivity index (χ2n) is 4.19. The predicted molar refractivity (Wildman–Crippen MR) is 60.6 cm³/mol. The SMILES string of the molecule is CCCC(C#N)C(=O)NCCC1CCCO1. The van der Waals surface area contributed by atoms with Gasteiger partial charge in [0, 0.05) is 13.2 Å². The lowest BCUT2D eigenvalue weighted by Crippen LogP contribution is -2.32. The van der Waals surface area contributed by atoms with Crippen LogP contribution in [0.2, 0.25) is 0 Å². The number of hydrogen-bond acceptors (Lipinski definition) is 3. The van der Waals surface area contributed by atoms with Crippen molar-refractivity contribution in [2.45, 2.75) is 45.1 Å². The van der Waals surface area contributed by atoms with E-state index in [2.05, 4.69) is 5.32 Å². The van der Waals surface area contributed by atoms with E-state index < -0.39 is 5.92 Å². The average Bonchev–Trinajstić information content (AvgIpc) is 2.78. The highest BCUT2D eigenvalue weighted by molar-refractivity contribution is 5.80. The molecule has 0 aromatic carbocycles. The zero-order valence-corrected chi connectivity index (χ0v) is 9.87. The van der Waals surface area contributed by atoms with Crippen molar-refractivity contribution in [2.75, 3.05) is 13.2 Å². The Hall–Kier alpha value is -1.08. The summed E-state index contributed by atoms with van der Waals surface area (Å²) in [6, 6.07) is 2.04. The molecule has 1 aliphatic rings. The van der Waals surface area contributed by atoms with E-state index in [9.17, 15) is 4.79 Å². The lowest BCUT2D eigenvalue weighted by molar-refractivity contribution is -0.123. The standard InChI is InChI=1S/C12H20N2O2/c1-2-4-10(9-13)12(15)14-7-6-11-5-3-8-16-11/h10-11H,2-8H2,1H3,(H,14,15). The normalized spacial score (nSPS) is 21.4. The number of carbonyl (C=O) groups excluding carboxylic acids is 1. The van der Waals surface area contributed by atoms with Crippen molar-refractivity contribution in [2.24, 2.45) is 5.92 Å². The number of nitrogens with zero attached hydrogens (tertiary/aromatic N) is 1. The van der Waals surface area contributed by atoms with E-state index in [0.717, 1.165) is 32.3 Å². The van der Waals surface area contributed by atoms with E-state index in [0.29, 0.717) is 19.1 Å². The first-order valence-electron chi connectivity index (χ1n) is 6.06. The molecule has 2 unspecified atom stereocenters. The van der Waals surface area contributed by atoms with E-state index in [1.54, 1.807) is 0 Å². The molecular formula is C12H20N2O2. The maximum Gasteiger partial charge on any atom is 0.237 e. The highest BCUT2D eigenvalue weighted by Crippen LogP contribution is 2.14. The Morgan fingerprint density at radius 1 is 1.69 bits per heavy atom. The van der Waals surface area contributed by atoms with Gasteiger partial charge in [0.2, 0.25) is 5.91 Å². The molecule has 90 valence electrons. The molecule has 1 fully saturated rings. The molecule has 0 spiro atoms. The van der Waals surface area contributed by atoms with Crippen LogP contribution in [0.4, 0.5) is 0 Å². The van der Waals surface area contributed by atoms with Gasteiger partial charge in [-0.2, -0.15) is 5.26 Å². The maximum absolute atomic E-state index is 11.6. The van der Waals surface area contributed by atoms with Crippen molar-refractivity contribution < 1.29 is 9.53 Å². The third kappa shape index (κ3) is 4.19. The summed E-state index contributed by atoms with van der Waals surface area (Å²) in [6.45, 7) is 3.44. The van der Waals surface area contributed by atoms with Gasteiger partial charge in [0.1, 0.15) is 5.92 Å². The summed E-state index contributed by atoms with van der Waals surface area (Å²) in [5.41, 5.74) is 0. The fourth-order valence-electron chi connectivity index (χ4n) is 1.89. The average molecular weight is 224 g/mol. The van der Waals surface area contributed by atoms with Gasteiger partial charge in [-0.15, -0.1) is 0 Å². The third-order valence-corrected chi connectivity index (χ3v) is 2.84. The number of nitrogens with one attached hydrogen (secondary N) is 1. The molecule has 0 bridgehead atoms. The molecule has 0 aromatic rings. The van der Waals surface area contributed by atoms with Gasteiger partial charge in [-0.25, -0.2) is 0 Å². The molecule has 1 saturated heterocycles. The Labute approximate surface area is 97.0 Å². The summed E-state index contributed by atoms with van der Waals surface area (Å²) < 4.78 is 5.45. The fraction of sp³-hybridized carbons (Fsp3) is 0.833. The smallest absolute Gasteiger partial charge is 0.237 e. The predicted octanol–water partition coefficient (Wildman–Crippen LogP) is 1.61. The molecule has 1 heterocycles. The van der Waals surface area contributed by atoms with Crippen LogP contribution in [0, 0.1) is 17.2 Å². The van der Waals surface area contributed by atoms with Gasteiger partial charge in [0.25, 0.3) is 0 Å². The van der Waals surface area contributed by atoms with Crippen LogP contribution in [-0.2, 0) is 9.53 Å². The lowest BCUT2D eigenvalue weighted by atomic mass is 10.0. The molecule has 0 radical (unpaired) electrons.